The number of hydrogen-bond acceptors (Lipinski definition) is 4. The molecule has 1 amide bonds. The summed E-state index contributed by atoms with van der Waals surface area (Å²) in [5, 5.41) is 2.08. The Balaban J connectivity index is 2.36. The SMILES string of the molecule is CN(CC(=O)N(C)CCC(N)=S)Cc1csc(Br)c1. The zero-order valence-electron chi connectivity index (χ0n) is 11.1. The van der Waals surface area contributed by atoms with E-state index in [0.717, 1.165) is 10.3 Å². The zero-order valence-corrected chi connectivity index (χ0v) is 14.3. The van der Waals surface area contributed by atoms with Gasteiger partial charge in [-0.05, 0) is 40.0 Å². The molecular weight excluding hydrogens is 346 g/mol. The van der Waals surface area contributed by atoms with E-state index in [1.165, 1.54) is 5.56 Å². The molecule has 0 unspecified atom stereocenters. The van der Waals surface area contributed by atoms with Gasteiger partial charge in [0.15, 0.2) is 0 Å². The second kappa shape index (κ2) is 7.94. The molecule has 0 aliphatic heterocycles. The van der Waals surface area contributed by atoms with E-state index in [0.29, 0.717) is 24.5 Å². The van der Waals surface area contributed by atoms with Crippen LogP contribution in [-0.4, -0.2) is 47.9 Å². The van der Waals surface area contributed by atoms with Gasteiger partial charge in [-0.2, -0.15) is 0 Å². The van der Waals surface area contributed by atoms with Crippen molar-refractivity contribution in [2.24, 2.45) is 5.73 Å². The van der Waals surface area contributed by atoms with E-state index in [1.54, 1.807) is 23.3 Å². The molecule has 106 valence electrons. The number of halogens is 1. The molecular formula is C12H18BrN3OS2. The summed E-state index contributed by atoms with van der Waals surface area (Å²) in [5.74, 6) is 0.0769. The van der Waals surface area contributed by atoms with E-state index in [-0.39, 0.29) is 5.91 Å². The summed E-state index contributed by atoms with van der Waals surface area (Å²) in [6, 6.07) is 2.07. The van der Waals surface area contributed by atoms with Crippen LogP contribution in [0.2, 0.25) is 0 Å². The fourth-order valence-electron chi connectivity index (χ4n) is 1.55. The van der Waals surface area contributed by atoms with Gasteiger partial charge in [0.1, 0.15) is 0 Å². The fourth-order valence-corrected chi connectivity index (χ4v) is 2.84. The summed E-state index contributed by atoms with van der Waals surface area (Å²) in [7, 11) is 3.71. The third kappa shape index (κ3) is 6.47. The quantitative estimate of drug-likeness (QED) is 0.753. The maximum absolute atomic E-state index is 12.0. The van der Waals surface area contributed by atoms with Gasteiger partial charge in [0, 0.05) is 26.6 Å². The summed E-state index contributed by atoms with van der Waals surface area (Å²) >= 11 is 9.88. The smallest absolute Gasteiger partial charge is 0.236 e. The number of nitrogens with two attached hydrogens (primary N) is 1. The van der Waals surface area contributed by atoms with Gasteiger partial charge in [-0.25, -0.2) is 0 Å². The van der Waals surface area contributed by atoms with Crippen LogP contribution in [-0.2, 0) is 11.3 Å². The van der Waals surface area contributed by atoms with Gasteiger partial charge >= 0.3 is 0 Å². The summed E-state index contributed by atoms with van der Waals surface area (Å²) in [5.41, 5.74) is 6.63. The second-order valence-electron chi connectivity index (χ2n) is 4.46. The largest absolute Gasteiger partial charge is 0.393 e. The molecule has 0 fully saturated rings. The van der Waals surface area contributed by atoms with Crippen LogP contribution in [0.3, 0.4) is 0 Å². The third-order valence-corrected chi connectivity index (χ3v) is 4.36. The lowest BCUT2D eigenvalue weighted by Gasteiger charge is -2.21. The number of nitrogens with zero attached hydrogens (tertiary/aromatic N) is 2. The van der Waals surface area contributed by atoms with Crippen LogP contribution >= 0.6 is 39.5 Å². The second-order valence-corrected chi connectivity index (χ2v) is 7.28. The first kappa shape index (κ1) is 16.6. The lowest BCUT2D eigenvalue weighted by molar-refractivity contribution is -0.130. The Morgan fingerprint density at radius 1 is 1.53 bits per heavy atom. The summed E-state index contributed by atoms with van der Waals surface area (Å²) in [4.78, 5) is 16.1. The topological polar surface area (TPSA) is 49.6 Å². The van der Waals surface area contributed by atoms with Gasteiger partial charge in [-0.3, -0.25) is 9.69 Å². The van der Waals surface area contributed by atoms with Crippen LogP contribution in [0.5, 0.6) is 0 Å². The average Bonchev–Trinajstić information content (AvgIpc) is 2.71. The molecule has 0 radical (unpaired) electrons. The van der Waals surface area contributed by atoms with Crippen LogP contribution in [0.1, 0.15) is 12.0 Å². The molecule has 0 aliphatic rings. The van der Waals surface area contributed by atoms with Gasteiger partial charge in [0.2, 0.25) is 5.91 Å². The van der Waals surface area contributed by atoms with E-state index < -0.39 is 0 Å². The maximum atomic E-state index is 12.0. The van der Waals surface area contributed by atoms with Gasteiger partial charge in [0.05, 0.1) is 15.3 Å². The lowest BCUT2D eigenvalue weighted by Crippen LogP contribution is -2.37. The number of carbonyl (C=O) groups is 1. The normalized spacial score (nSPS) is 10.7. The molecule has 0 saturated carbocycles. The fraction of sp³-hybridized carbons (Fsp3) is 0.500. The van der Waals surface area contributed by atoms with Gasteiger partial charge in [-0.15, -0.1) is 11.3 Å². The number of rotatable bonds is 7. The molecule has 1 aromatic heterocycles. The molecule has 0 spiro atoms. The van der Waals surface area contributed by atoms with Crippen LogP contribution in [0.25, 0.3) is 0 Å². The summed E-state index contributed by atoms with van der Waals surface area (Å²) in [6.07, 6.45) is 0.568. The van der Waals surface area contributed by atoms with Crippen molar-refractivity contribution in [3.63, 3.8) is 0 Å². The van der Waals surface area contributed by atoms with Crippen LogP contribution < -0.4 is 5.73 Å². The highest BCUT2D eigenvalue weighted by atomic mass is 79.9. The molecule has 7 heteroatoms. The number of thiocarbonyl (C=S) groups is 1. The van der Waals surface area contributed by atoms with Crippen molar-refractivity contribution in [2.45, 2.75) is 13.0 Å². The Kier molecular flexibility index (Phi) is 6.92. The zero-order chi connectivity index (χ0) is 14.4. The molecule has 0 aliphatic carbocycles. The Labute approximate surface area is 131 Å². The molecule has 0 saturated heterocycles. The van der Waals surface area contributed by atoms with Crippen LogP contribution in [0.15, 0.2) is 15.2 Å². The monoisotopic (exact) mass is 363 g/mol. The van der Waals surface area contributed by atoms with Gasteiger partial charge in [0.25, 0.3) is 0 Å². The van der Waals surface area contributed by atoms with E-state index in [1.807, 2.05) is 11.9 Å². The van der Waals surface area contributed by atoms with Crippen molar-refractivity contribution in [3.05, 3.63) is 20.8 Å². The Morgan fingerprint density at radius 2 is 2.21 bits per heavy atom. The van der Waals surface area contributed by atoms with Crippen LogP contribution in [0, 0.1) is 0 Å². The minimum absolute atomic E-state index is 0.0769. The van der Waals surface area contributed by atoms with E-state index in [2.05, 4.69) is 27.4 Å². The van der Waals surface area contributed by atoms with Crippen molar-refractivity contribution < 1.29 is 4.79 Å². The van der Waals surface area contributed by atoms with E-state index >= 15 is 0 Å². The first-order valence-electron chi connectivity index (χ1n) is 5.82. The van der Waals surface area contributed by atoms with Crippen LogP contribution in [0.4, 0.5) is 0 Å². The molecule has 4 nitrogen and oxygen atoms in total. The predicted molar refractivity (Wildman–Crippen MR) is 87.4 cm³/mol. The first-order valence-corrected chi connectivity index (χ1v) is 7.90. The minimum Gasteiger partial charge on any atom is -0.393 e. The van der Waals surface area contributed by atoms with Gasteiger partial charge in [-0.1, -0.05) is 12.2 Å². The highest BCUT2D eigenvalue weighted by Crippen LogP contribution is 2.21. The maximum Gasteiger partial charge on any atom is 0.236 e. The number of likely N-dealkylation sites (N-methyl/N-ethyl adjacent to an activating group) is 2. The van der Waals surface area contributed by atoms with Crippen molar-refractivity contribution in [3.8, 4) is 0 Å². The summed E-state index contributed by atoms with van der Waals surface area (Å²) < 4.78 is 1.11. The van der Waals surface area contributed by atoms with E-state index in [9.17, 15) is 4.79 Å². The van der Waals surface area contributed by atoms with Crippen molar-refractivity contribution in [1.82, 2.24) is 9.80 Å². The number of carbonyl (C=O) groups excluding carboxylic acids is 1. The molecule has 0 bridgehead atoms. The molecule has 19 heavy (non-hydrogen) atoms. The highest BCUT2D eigenvalue weighted by molar-refractivity contribution is 9.11. The number of thiophene rings is 1. The standard InChI is InChI=1S/C12H18BrN3OS2/c1-15(6-9-5-10(13)19-8-9)7-12(17)16(2)4-3-11(14)18/h5,8H,3-4,6-7H2,1-2H3,(H2,14,18). The van der Waals surface area contributed by atoms with E-state index in [4.69, 9.17) is 18.0 Å². The number of amides is 1. The Bertz CT molecular complexity index is 450. The van der Waals surface area contributed by atoms with Crippen molar-refractivity contribution >= 4 is 50.4 Å². The Morgan fingerprint density at radius 3 is 2.74 bits per heavy atom. The highest BCUT2D eigenvalue weighted by Gasteiger charge is 2.12. The van der Waals surface area contributed by atoms with Gasteiger partial charge < -0.3 is 10.6 Å². The van der Waals surface area contributed by atoms with Crippen molar-refractivity contribution in [1.29, 1.82) is 0 Å². The molecule has 1 aromatic rings. The molecule has 1 heterocycles. The van der Waals surface area contributed by atoms with Crippen molar-refractivity contribution in [2.75, 3.05) is 27.2 Å². The molecule has 0 aromatic carbocycles. The first-order chi connectivity index (χ1) is 8.88. The molecule has 1 rings (SSSR count). The summed E-state index contributed by atoms with van der Waals surface area (Å²) in [6.45, 7) is 1.73. The molecule has 2 N–H and O–H groups in total. The minimum atomic E-state index is 0.0769. The predicted octanol–water partition coefficient (Wildman–Crippen LogP) is 2.08. The molecule has 0 atom stereocenters. The average molecular weight is 364 g/mol. The Hall–Kier alpha value is -0.500. The number of hydrogen-bond donors (Lipinski definition) is 1. The lowest BCUT2D eigenvalue weighted by atomic mass is 10.3. The third-order valence-electron chi connectivity index (χ3n) is 2.60.